The van der Waals surface area contributed by atoms with E-state index in [-0.39, 0.29) is 0 Å². The molecule has 0 unspecified atom stereocenters. The molecule has 2 N–H and O–H groups in total. The number of imidazole rings is 1. The Hall–Kier alpha value is -2.57. The van der Waals surface area contributed by atoms with Gasteiger partial charge in [-0.3, -0.25) is 10.00 Å². The van der Waals surface area contributed by atoms with E-state index >= 15 is 0 Å². The Kier molecular flexibility index (Phi) is 4.25. The number of piperazine rings is 1. The summed E-state index contributed by atoms with van der Waals surface area (Å²) < 4.78 is 0. The molecule has 2 aromatic carbocycles. The monoisotopic (exact) mass is 394 g/mol. The quantitative estimate of drug-likeness (QED) is 0.544. The van der Waals surface area contributed by atoms with Crippen molar-refractivity contribution in [2.45, 2.75) is 19.9 Å². The lowest BCUT2D eigenvalue weighted by atomic mass is 10.2. The fraction of sp³-hybridized carbons (Fsp3) is 0.333. The first-order chi connectivity index (χ1) is 13.6. The van der Waals surface area contributed by atoms with Crippen LogP contribution in [0.5, 0.6) is 0 Å². The van der Waals surface area contributed by atoms with Gasteiger partial charge in [-0.1, -0.05) is 11.6 Å². The Labute approximate surface area is 168 Å². The number of rotatable bonds is 3. The maximum Gasteiger partial charge on any atom is 0.159 e. The minimum atomic E-state index is 0.608. The van der Waals surface area contributed by atoms with Crippen molar-refractivity contribution in [1.29, 1.82) is 0 Å². The van der Waals surface area contributed by atoms with Crippen molar-refractivity contribution >= 4 is 39.2 Å². The van der Waals surface area contributed by atoms with Gasteiger partial charge < -0.3 is 9.88 Å². The van der Waals surface area contributed by atoms with E-state index in [4.69, 9.17) is 16.6 Å². The number of anilines is 1. The normalized spacial score (nSPS) is 15.9. The van der Waals surface area contributed by atoms with Gasteiger partial charge in [-0.2, -0.15) is 5.10 Å². The largest absolute Gasteiger partial charge is 0.369 e. The summed E-state index contributed by atoms with van der Waals surface area (Å²) in [6.45, 7) is 8.83. The summed E-state index contributed by atoms with van der Waals surface area (Å²) in [6, 6.07) is 12.8. The third kappa shape index (κ3) is 3.02. The van der Waals surface area contributed by atoms with Gasteiger partial charge >= 0.3 is 0 Å². The maximum atomic E-state index is 6.17. The van der Waals surface area contributed by atoms with Gasteiger partial charge in [-0.15, -0.1) is 0 Å². The summed E-state index contributed by atoms with van der Waals surface area (Å²) in [5.74, 6) is 0.755. The van der Waals surface area contributed by atoms with E-state index in [1.54, 1.807) is 0 Å². The van der Waals surface area contributed by atoms with Crippen LogP contribution in [-0.2, 0) is 0 Å². The first kappa shape index (κ1) is 17.5. The Bertz CT molecular complexity index is 1140. The van der Waals surface area contributed by atoms with Crippen LogP contribution < -0.4 is 4.90 Å². The number of fused-ring (bicyclic) bond motifs is 2. The number of halogens is 1. The number of nitrogens with one attached hydrogen (secondary N) is 2. The summed E-state index contributed by atoms with van der Waals surface area (Å²) in [6.07, 6.45) is 0. The van der Waals surface area contributed by atoms with Gasteiger partial charge in [-0.25, -0.2) is 4.98 Å². The van der Waals surface area contributed by atoms with Crippen LogP contribution >= 0.6 is 11.6 Å². The molecule has 1 aliphatic rings. The number of aromatic nitrogens is 4. The predicted octanol–water partition coefficient (Wildman–Crippen LogP) is 4.29. The zero-order valence-corrected chi connectivity index (χ0v) is 16.8. The van der Waals surface area contributed by atoms with Gasteiger partial charge in [0.2, 0.25) is 0 Å². The first-order valence-corrected chi connectivity index (χ1v) is 10.1. The predicted molar refractivity (Wildman–Crippen MR) is 115 cm³/mol. The number of H-pyrrole nitrogens is 2. The Morgan fingerprint density at radius 3 is 2.61 bits per heavy atom. The molecule has 7 heteroatoms. The molecule has 144 valence electrons. The van der Waals surface area contributed by atoms with E-state index in [2.05, 4.69) is 57.0 Å². The molecule has 0 atom stereocenters. The van der Waals surface area contributed by atoms with Crippen molar-refractivity contribution in [2.75, 3.05) is 31.1 Å². The highest BCUT2D eigenvalue weighted by atomic mass is 35.5. The van der Waals surface area contributed by atoms with E-state index in [1.165, 1.54) is 5.69 Å². The molecule has 1 fully saturated rings. The third-order valence-electron chi connectivity index (χ3n) is 5.62. The summed E-state index contributed by atoms with van der Waals surface area (Å²) >= 11 is 6.17. The van der Waals surface area contributed by atoms with Gasteiger partial charge in [0.15, 0.2) is 5.82 Å². The van der Waals surface area contributed by atoms with Crippen LogP contribution in [0.15, 0.2) is 36.4 Å². The SMILES string of the molecule is CC(C)N1CCN(c2ccc3nc(-c4n[nH]c5ccc(Cl)cc45)[nH]c3c2)CC1. The fourth-order valence-electron chi connectivity index (χ4n) is 3.97. The van der Waals surface area contributed by atoms with Crippen LogP contribution in [0.2, 0.25) is 5.02 Å². The van der Waals surface area contributed by atoms with Gasteiger partial charge in [0, 0.05) is 48.3 Å². The first-order valence-electron chi connectivity index (χ1n) is 9.71. The minimum absolute atomic E-state index is 0.608. The van der Waals surface area contributed by atoms with Crippen molar-refractivity contribution in [3.8, 4) is 11.5 Å². The molecule has 3 heterocycles. The summed E-state index contributed by atoms with van der Waals surface area (Å²) in [7, 11) is 0. The molecule has 1 aliphatic heterocycles. The van der Waals surface area contributed by atoms with Gasteiger partial charge in [-0.05, 0) is 50.2 Å². The lowest BCUT2D eigenvalue weighted by Crippen LogP contribution is -2.48. The molecule has 5 rings (SSSR count). The second-order valence-electron chi connectivity index (χ2n) is 7.67. The van der Waals surface area contributed by atoms with Gasteiger partial charge in [0.25, 0.3) is 0 Å². The molecular formula is C21H23ClN6. The van der Waals surface area contributed by atoms with Crippen LogP contribution in [0.4, 0.5) is 5.69 Å². The smallest absolute Gasteiger partial charge is 0.159 e. The molecule has 0 saturated carbocycles. The molecular weight excluding hydrogens is 372 g/mol. The maximum absolute atomic E-state index is 6.17. The molecule has 0 radical (unpaired) electrons. The van der Waals surface area contributed by atoms with Crippen molar-refractivity contribution in [3.05, 3.63) is 41.4 Å². The van der Waals surface area contributed by atoms with Crippen LogP contribution in [0.1, 0.15) is 13.8 Å². The van der Waals surface area contributed by atoms with Crippen LogP contribution in [0, 0.1) is 0 Å². The highest BCUT2D eigenvalue weighted by Crippen LogP contribution is 2.29. The third-order valence-corrected chi connectivity index (χ3v) is 5.86. The Morgan fingerprint density at radius 2 is 1.82 bits per heavy atom. The highest BCUT2D eigenvalue weighted by Gasteiger charge is 2.20. The molecule has 0 spiro atoms. The number of hydrogen-bond acceptors (Lipinski definition) is 4. The summed E-state index contributed by atoms with van der Waals surface area (Å²) in [5.41, 5.74) is 4.94. The Morgan fingerprint density at radius 1 is 1.00 bits per heavy atom. The minimum Gasteiger partial charge on any atom is -0.369 e. The van der Waals surface area contributed by atoms with Crippen molar-refractivity contribution in [3.63, 3.8) is 0 Å². The number of aromatic amines is 2. The summed E-state index contributed by atoms with van der Waals surface area (Å²) in [4.78, 5) is 13.2. The average Bonchev–Trinajstić information content (AvgIpc) is 3.30. The lowest BCUT2D eigenvalue weighted by Gasteiger charge is -2.38. The number of hydrogen-bond donors (Lipinski definition) is 2. The van der Waals surface area contributed by atoms with E-state index in [1.807, 2.05) is 18.2 Å². The fourth-order valence-corrected chi connectivity index (χ4v) is 4.14. The highest BCUT2D eigenvalue weighted by molar-refractivity contribution is 6.31. The van der Waals surface area contributed by atoms with E-state index in [0.717, 1.165) is 59.6 Å². The Balaban J connectivity index is 1.46. The van der Waals surface area contributed by atoms with Crippen LogP contribution in [0.25, 0.3) is 33.5 Å². The topological polar surface area (TPSA) is 63.8 Å². The van der Waals surface area contributed by atoms with Crippen LogP contribution in [0.3, 0.4) is 0 Å². The van der Waals surface area contributed by atoms with E-state index in [0.29, 0.717) is 11.1 Å². The molecule has 0 bridgehead atoms. The molecule has 28 heavy (non-hydrogen) atoms. The average molecular weight is 395 g/mol. The molecule has 2 aromatic heterocycles. The number of nitrogens with zero attached hydrogens (tertiary/aromatic N) is 4. The second-order valence-corrected chi connectivity index (χ2v) is 8.10. The molecule has 0 amide bonds. The second kappa shape index (κ2) is 6.79. The van der Waals surface area contributed by atoms with Crippen molar-refractivity contribution in [2.24, 2.45) is 0 Å². The zero-order valence-electron chi connectivity index (χ0n) is 16.0. The standard InChI is InChI=1S/C21H23ClN6/c1-13(2)27-7-9-28(10-8-27)15-4-6-18-19(12-15)24-21(23-18)20-16-11-14(22)3-5-17(16)25-26-20/h3-6,11-13H,7-10H2,1-2H3,(H,23,24)(H,25,26). The lowest BCUT2D eigenvalue weighted by molar-refractivity contribution is 0.209. The molecule has 1 saturated heterocycles. The van der Waals surface area contributed by atoms with Crippen molar-refractivity contribution in [1.82, 2.24) is 25.1 Å². The van der Waals surface area contributed by atoms with Crippen molar-refractivity contribution < 1.29 is 0 Å². The van der Waals surface area contributed by atoms with Gasteiger partial charge in [0.1, 0.15) is 5.69 Å². The van der Waals surface area contributed by atoms with E-state index < -0.39 is 0 Å². The summed E-state index contributed by atoms with van der Waals surface area (Å²) in [5, 5.41) is 9.16. The van der Waals surface area contributed by atoms with Crippen LogP contribution in [-0.4, -0.2) is 57.3 Å². The van der Waals surface area contributed by atoms with E-state index in [9.17, 15) is 0 Å². The molecule has 6 nitrogen and oxygen atoms in total. The molecule has 4 aromatic rings. The zero-order chi connectivity index (χ0) is 19.3. The number of benzene rings is 2. The molecule has 0 aliphatic carbocycles. The van der Waals surface area contributed by atoms with Gasteiger partial charge in [0.05, 0.1) is 16.6 Å².